The van der Waals surface area contributed by atoms with E-state index in [2.05, 4.69) is 61.1 Å². The molecule has 0 amide bonds. The molecular formula is C15H19NO. The summed E-state index contributed by atoms with van der Waals surface area (Å²) < 4.78 is 2.13. The van der Waals surface area contributed by atoms with Crippen LogP contribution in [0.3, 0.4) is 0 Å². The zero-order chi connectivity index (χ0) is 12.3. The van der Waals surface area contributed by atoms with E-state index in [-0.39, 0.29) is 12.5 Å². The molecule has 0 aliphatic heterocycles. The van der Waals surface area contributed by atoms with Gasteiger partial charge in [-0.2, -0.15) is 0 Å². The van der Waals surface area contributed by atoms with Crippen molar-refractivity contribution in [3.8, 4) is 0 Å². The predicted octanol–water partition coefficient (Wildman–Crippen LogP) is 2.85. The molecule has 1 atom stereocenters. The van der Waals surface area contributed by atoms with E-state index in [1.165, 1.54) is 16.8 Å². The molecule has 0 saturated heterocycles. The highest BCUT2D eigenvalue weighted by Gasteiger charge is 2.15. The quantitative estimate of drug-likeness (QED) is 0.857. The maximum Gasteiger partial charge on any atom is 0.0440 e. The van der Waals surface area contributed by atoms with Crippen LogP contribution in [0.2, 0.25) is 0 Å². The Morgan fingerprint density at radius 3 is 2.65 bits per heavy atom. The smallest absolute Gasteiger partial charge is 0.0440 e. The summed E-state index contributed by atoms with van der Waals surface area (Å²) in [5.74, 6) is 0.278. The summed E-state index contributed by atoms with van der Waals surface area (Å²) in [6.45, 7) is 2.31. The molecule has 0 fully saturated rings. The van der Waals surface area contributed by atoms with Crippen molar-refractivity contribution >= 4 is 0 Å². The van der Waals surface area contributed by atoms with E-state index in [9.17, 15) is 5.11 Å². The largest absolute Gasteiger partial charge is 0.396 e. The van der Waals surface area contributed by atoms with Crippen LogP contribution in [-0.4, -0.2) is 16.3 Å². The molecule has 1 aromatic heterocycles. The molecule has 0 saturated carbocycles. The minimum atomic E-state index is 0.212. The molecule has 17 heavy (non-hydrogen) atoms. The number of hydrogen-bond acceptors (Lipinski definition) is 1. The van der Waals surface area contributed by atoms with Gasteiger partial charge in [0.2, 0.25) is 0 Å². The number of aryl methyl sites for hydroxylation is 2. The first kappa shape index (κ1) is 11.9. The van der Waals surface area contributed by atoms with Crippen LogP contribution in [0.1, 0.15) is 29.2 Å². The first-order chi connectivity index (χ1) is 8.22. The van der Waals surface area contributed by atoms with Gasteiger partial charge in [0.1, 0.15) is 0 Å². The molecule has 0 aliphatic rings. The third-order valence-electron chi connectivity index (χ3n) is 3.20. The van der Waals surface area contributed by atoms with Crippen LogP contribution in [0.4, 0.5) is 0 Å². The lowest BCUT2D eigenvalue weighted by Gasteiger charge is -2.18. The van der Waals surface area contributed by atoms with E-state index < -0.39 is 0 Å². The number of aliphatic hydroxyl groups excluding tert-OH is 1. The Balaban J connectivity index is 2.39. The van der Waals surface area contributed by atoms with Crippen molar-refractivity contribution in [1.82, 2.24) is 4.57 Å². The zero-order valence-corrected chi connectivity index (χ0v) is 10.4. The predicted molar refractivity (Wildman–Crippen MR) is 70.1 cm³/mol. The van der Waals surface area contributed by atoms with Gasteiger partial charge in [0, 0.05) is 31.5 Å². The first-order valence-electron chi connectivity index (χ1n) is 6.01. The highest BCUT2D eigenvalue weighted by Crippen LogP contribution is 2.28. The zero-order valence-electron chi connectivity index (χ0n) is 10.4. The molecule has 1 heterocycles. The van der Waals surface area contributed by atoms with Crippen molar-refractivity contribution in [2.45, 2.75) is 19.3 Å². The maximum absolute atomic E-state index is 9.25. The van der Waals surface area contributed by atoms with Crippen LogP contribution in [0.25, 0.3) is 0 Å². The van der Waals surface area contributed by atoms with Gasteiger partial charge in [-0.25, -0.2) is 0 Å². The van der Waals surface area contributed by atoms with Gasteiger partial charge in [-0.15, -0.1) is 0 Å². The lowest BCUT2D eigenvalue weighted by Crippen LogP contribution is -2.08. The molecule has 0 bridgehead atoms. The molecule has 2 rings (SSSR count). The Morgan fingerprint density at radius 1 is 1.24 bits per heavy atom. The number of aliphatic hydroxyl groups is 1. The Hall–Kier alpha value is -1.54. The second kappa shape index (κ2) is 5.19. The van der Waals surface area contributed by atoms with Gasteiger partial charge in [-0.05, 0) is 31.0 Å². The summed E-state index contributed by atoms with van der Waals surface area (Å²) in [6.07, 6.45) is 2.82. The van der Waals surface area contributed by atoms with Crippen LogP contribution in [-0.2, 0) is 7.05 Å². The first-order valence-corrected chi connectivity index (χ1v) is 6.01. The second-order valence-corrected chi connectivity index (χ2v) is 4.52. The highest BCUT2D eigenvalue weighted by molar-refractivity contribution is 5.32. The number of aromatic nitrogens is 1. The fourth-order valence-corrected chi connectivity index (χ4v) is 2.34. The topological polar surface area (TPSA) is 25.2 Å². The molecule has 2 aromatic rings. The van der Waals surface area contributed by atoms with Crippen molar-refractivity contribution in [3.63, 3.8) is 0 Å². The minimum Gasteiger partial charge on any atom is -0.396 e. The lowest BCUT2D eigenvalue weighted by atomic mass is 9.92. The van der Waals surface area contributed by atoms with Gasteiger partial charge in [-0.1, -0.05) is 29.8 Å². The molecule has 0 spiro atoms. The fourth-order valence-electron chi connectivity index (χ4n) is 2.34. The Kier molecular flexibility index (Phi) is 3.64. The summed E-state index contributed by atoms with van der Waals surface area (Å²) in [7, 11) is 2.05. The molecule has 0 radical (unpaired) electrons. The van der Waals surface area contributed by atoms with Crippen molar-refractivity contribution in [3.05, 3.63) is 59.4 Å². The standard InChI is InChI=1S/C15H19NO/c1-12-5-3-6-13(11-12)14(8-10-17)15-7-4-9-16(15)2/h3-7,9,11,14,17H,8,10H2,1-2H3. The monoisotopic (exact) mass is 229 g/mol. The van der Waals surface area contributed by atoms with Gasteiger partial charge >= 0.3 is 0 Å². The molecule has 0 aliphatic carbocycles. The van der Waals surface area contributed by atoms with E-state index in [1.54, 1.807) is 0 Å². The Morgan fingerprint density at radius 2 is 2.06 bits per heavy atom. The van der Waals surface area contributed by atoms with Gasteiger partial charge < -0.3 is 9.67 Å². The maximum atomic E-state index is 9.25. The molecule has 1 aromatic carbocycles. The van der Waals surface area contributed by atoms with Gasteiger partial charge in [0.05, 0.1) is 0 Å². The average Bonchev–Trinajstić information content (AvgIpc) is 2.72. The van der Waals surface area contributed by atoms with Gasteiger partial charge in [0.25, 0.3) is 0 Å². The molecular weight excluding hydrogens is 210 g/mol. The normalized spacial score (nSPS) is 12.6. The SMILES string of the molecule is Cc1cccc(C(CCO)c2cccn2C)c1. The van der Waals surface area contributed by atoms with E-state index in [0.717, 1.165) is 6.42 Å². The van der Waals surface area contributed by atoms with E-state index in [1.807, 2.05) is 0 Å². The average molecular weight is 229 g/mol. The van der Waals surface area contributed by atoms with E-state index >= 15 is 0 Å². The second-order valence-electron chi connectivity index (χ2n) is 4.52. The molecule has 90 valence electrons. The molecule has 1 N–H and O–H groups in total. The number of nitrogens with zero attached hydrogens (tertiary/aromatic N) is 1. The van der Waals surface area contributed by atoms with Gasteiger partial charge in [-0.3, -0.25) is 0 Å². The van der Waals surface area contributed by atoms with Crippen molar-refractivity contribution < 1.29 is 5.11 Å². The third-order valence-corrected chi connectivity index (χ3v) is 3.20. The van der Waals surface area contributed by atoms with Crippen LogP contribution >= 0.6 is 0 Å². The van der Waals surface area contributed by atoms with Crippen molar-refractivity contribution in [2.24, 2.45) is 7.05 Å². The highest BCUT2D eigenvalue weighted by atomic mass is 16.3. The van der Waals surface area contributed by atoms with E-state index in [0.29, 0.717) is 0 Å². The van der Waals surface area contributed by atoms with Crippen LogP contribution in [0.5, 0.6) is 0 Å². The fraction of sp³-hybridized carbons (Fsp3) is 0.333. The molecule has 1 unspecified atom stereocenters. The summed E-state index contributed by atoms with van der Waals surface area (Å²) in [5.41, 5.74) is 3.80. The van der Waals surface area contributed by atoms with Crippen molar-refractivity contribution in [2.75, 3.05) is 6.61 Å². The Bertz CT molecular complexity index is 487. The van der Waals surface area contributed by atoms with Crippen LogP contribution < -0.4 is 0 Å². The third kappa shape index (κ3) is 2.59. The number of benzene rings is 1. The van der Waals surface area contributed by atoms with Gasteiger partial charge in [0.15, 0.2) is 0 Å². The lowest BCUT2D eigenvalue weighted by molar-refractivity contribution is 0.280. The molecule has 2 heteroatoms. The molecule has 2 nitrogen and oxygen atoms in total. The van der Waals surface area contributed by atoms with Crippen LogP contribution in [0.15, 0.2) is 42.6 Å². The summed E-state index contributed by atoms with van der Waals surface area (Å²) in [6, 6.07) is 12.7. The van der Waals surface area contributed by atoms with Crippen LogP contribution in [0, 0.1) is 6.92 Å². The summed E-state index contributed by atoms with van der Waals surface area (Å²) in [5, 5.41) is 9.25. The number of rotatable bonds is 4. The van der Waals surface area contributed by atoms with E-state index in [4.69, 9.17) is 0 Å². The summed E-state index contributed by atoms with van der Waals surface area (Å²) in [4.78, 5) is 0. The Labute approximate surface area is 103 Å². The minimum absolute atomic E-state index is 0.212. The number of hydrogen-bond donors (Lipinski definition) is 1. The summed E-state index contributed by atoms with van der Waals surface area (Å²) >= 11 is 0. The van der Waals surface area contributed by atoms with Crippen molar-refractivity contribution in [1.29, 1.82) is 0 Å².